The molecule has 2 atom stereocenters. The fourth-order valence-electron chi connectivity index (χ4n) is 11.4. The molecule has 0 aliphatic carbocycles. The molecule has 6 nitrogen and oxygen atoms in total. The smallest absolute Gasteiger partial charge is 0.305 e. The summed E-state index contributed by atoms with van der Waals surface area (Å²) in [4.78, 5) is 24.5. The first-order valence-electron chi connectivity index (χ1n) is 34.8. The van der Waals surface area contributed by atoms with Gasteiger partial charge in [0.25, 0.3) is 0 Å². The molecule has 3 N–H and O–H groups in total. The Balaban J connectivity index is 3.27. The zero-order valence-electron chi connectivity index (χ0n) is 51.3. The van der Waals surface area contributed by atoms with E-state index in [4.69, 9.17) is 4.74 Å². The van der Waals surface area contributed by atoms with Crippen LogP contribution in [0.1, 0.15) is 406 Å². The highest BCUT2D eigenvalue weighted by atomic mass is 16.5. The molecule has 2 unspecified atom stereocenters. The fraction of sp³-hybridized carbons (Fsp3) is 0.971. The van der Waals surface area contributed by atoms with E-state index in [1.165, 1.54) is 334 Å². The zero-order chi connectivity index (χ0) is 54.3. The number of nitrogens with one attached hydrogen (secondary N) is 1. The second kappa shape index (κ2) is 65.4. The molecule has 0 aromatic rings. The molecule has 0 aromatic heterocycles. The van der Waals surface area contributed by atoms with Crippen LogP contribution in [0.2, 0.25) is 0 Å². The summed E-state index contributed by atoms with van der Waals surface area (Å²) in [5.41, 5.74) is 0. The van der Waals surface area contributed by atoms with Crippen LogP contribution in [0.5, 0.6) is 0 Å². The lowest BCUT2D eigenvalue weighted by Gasteiger charge is -2.22. The summed E-state index contributed by atoms with van der Waals surface area (Å²) in [6.45, 7) is 4.98. The van der Waals surface area contributed by atoms with E-state index >= 15 is 0 Å². The quantitative estimate of drug-likeness (QED) is 0.0417. The van der Waals surface area contributed by atoms with E-state index in [1.807, 2.05) is 0 Å². The summed E-state index contributed by atoms with van der Waals surface area (Å²) in [5.74, 6) is -0.00421. The first-order valence-corrected chi connectivity index (χ1v) is 34.8. The maximum Gasteiger partial charge on any atom is 0.305 e. The summed E-state index contributed by atoms with van der Waals surface area (Å²) in [6, 6.07) is -0.535. The van der Waals surface area contributed by atoms with Gasteiger partial charge in [0.15, 0.2) is 0 Å². The number of esters is 1. The van der Waals surface area contributed by atoms with Gasteiger partial charge in [-0.05, 0) is 25.7 Å². The molecule has 0 bridgehead atoms. The molecule has 6 heteroatoms. The first-order chi connectivity index (χ1) is 37.0. The van der Waals surface area contributed by atoms with Crippen molar-refractivity contribution in [2.45, 2.75) is 418 Å². The van der Waals surface area contributed by atoms with Gasteiger partial charge < -0.3 is 20.3 Å². The molecule has 0 aliphatic heterocycles. The van der Waals surface area contributed by atoms with Crippen molar-refractivity contribution in [3.05, 3.63) is 0 Å². The lowest BCUT2D eigenvalue weighted by atomic mass is 10.0. The third-order valence-electron chi connectivity index (χ3n) is 16.7. The second-order valence-electron chi connectivity index (χ2n) is 24.2. The zero-order valence-corrected chi connectivity index (χ0v) is 51.3. The highest BCUT2D eigenvalue weighted by Gasteiger charge is 2.20. The van der Waals surface area contributed by atoms with Crippen LogP contribution in [-0.2, 0) is 14.3 Å². The minimum Gasteiger partial charge on any atom is -0.466 e. The molecule has 0 aromatic carbocycles. The Morgan fingerprint density at radius 1 is 0.320 bits per heavy atom. The van der Waals surface area contributed by atoms with E-state index < -0.39 is 12.1 Å². The standard InChI is InChI=1S/C69H137NO5/c1-3-5-7-9-11-13-15-16-17-33-37-40-43-47-51-55-59-63-69(74)75-64-60-56-52-48-44-41-38-35-32-30-28-26-24-22-20-18-19-21-23-25-27-29-31-34-36-39-42-46-50-54-58-62-68(73)70-66(65-71)67(72)61-57-53-49-45-14-12-10-8-6-4-2/h66-67,71-72H,3-65H2,1-2H3,(H,70,73). The van der Waals surface area contributed by atoms with Crippen LogP contribution < -0.4 is 5.32 Å². The normalized spacial score (nSPS) is 12.4. The lowest BCUT2D eigenvalue weighted by Crippen LogP contribution is -2.45. The number of aliphatic hydroxyl groups excluding tert-OH is 2. The van der Waals surface area contributed by atoms with Gasteiger partial charge >= 0.3 is 5.97 Å². The van der Waals surface area contributed by atoms with Crippen LogP contribution in [0.4, 0.5) is 0 Å². The lowest BCUT2D eigenvalue weighted by molar-refractivity contribution is -0.143. The van der Waals surface area contributed by atoms with Crippen LogP contribution in [0.3, 0.4) is 0 Å². The molecule has 0 rings (SSSR count). The summed E-state index contributed by atoms with van der Waals surface area (Å²) in [7, 11) is 0. The monoisotopic (exact) mass is 1060 g/mol. The van der Waals surface area contributed by atoms with Crippen molar-refractivity contribution in [3.8, 4) is 0 Å². The number of hydrogen-bond acceptors (Lipinski definition) is 5. The number of carbonyl (C=O) groups is 2. The van der Waals surface area contributed by atoms with Crippen molar-refractivity contribution in [1.29, 1.82) is 0 Å². The topological polar surface area (TPSA) is 95.9 Å². The average molecular weight is 1060 g/mol. The van der Waals surface area contributed by atoms with E-state index in [1.54, 1.807) is 0 Å². The predicted octanol–water partition coefficient (Wildman–Crippen LogP) is 22.2. The first kappa shape index (κ1) is 73.9. The Kier molecular flexibility index (Phi) is 64.4. The number of aliphatic hydroxyl groups is 2. The molecule has 0 heterocycles. The summed E-state index contributed by atoms with van der Waals surface area (Å²) in [5, 5.41) is 23.2. The second-order valence-corrected chi connectivity index (χ2v) is 24.2. The Bertz CT molecular complexity index is 1080. The van der Waals surface area contributed by atoms with Gasteiger partial charge in [-0.3, -0.25) is 9.59 Å². The van der Waals surface area contributed by atoms with Crippen LogP contribution in [0.15, 0.2) is 0 Å². The van der Waals surface area contributed by atoms with E-state index in [2.05, 4.69) is 19.2 Å². The van der Waals surface area contributed by atoms with Gasteiger partial charge in [-0.1, -0.05) is 367 Å². The number of unbranched alkanes of at least 4 members (excludes halogenated alkanes) is 55. The third-order valence-corrected chi connectivity index (χ3v) is 16.7. The highest BCUT2D eigenvalue weighted by molar-refractivity contribution is 5.76. The van der Waals surface area contributed by atoms with Crippen molar-refractivity contribution in [2.24, 2.45) is 0 Å². The van der Waals surface area contributed by atoms with E-state index in [9.17, 15) is 19.8 Å². The molecule has 0 spiro atoms. The van der Waals surface area contributed by atoms with Crippen LogP contribution >= 0.6 is 0 Å². The molecule has 448 valence electrons. The van der Waals surface area contributed by atoms with Crippen LogP contribution in [0, 0.1) is 0 Å². The van der Waals surface area contributed by atoms with Crippen LogP contribution in [-0.4, -0.2) is 47.4 Å². The molecule has 1 amide bonds. The Hall–Kier alpha value is -1.14. The minimum absolute atomic E-state index is 0.0257. The van der Waals surface area contributed by atoms with Gasteiger partial charge in [0.05, 0.1) is 25.4 Å². The van der Waals surface area contributed by atoms with Gasteiger partial charge in [0, 0.05) is 12.8 Å². The molecule has 0 radical (unpaired) electrons. The Morgan fingerprint density at radius 3 is 0.813 bits per heavy atom. The molecule has 0 saturated heterocycles. The van der Waals surface area contributed by atoms with Crippen molar-refractivity contribution in [1.82, 2.24) is 5.32 Å². The molecular formula is C69H137NO5. The van der Waals surface area contributed by atoms with E-state index in [-0.39, 0.29) is 18.5 Å². The maximum atomic E-state index is 12.4. The predicted molar refractivity (Wildman–Crippen MR) is 329 cm³/mol. The van der Waals surface area contributed by atoms with E-state index in [0.29, 0.717) is 25.9 Å². The van der Waals surface area contributed by atoms with Crippen molar-refractivity contribution < 1.29 is 24.5 Å². The molecular weight excluding hydrogens is 923 g/mol. The average Bonchev–Trinajstić information content (AvgIpc) is 3.41. The molecule has 75 heavy (non-hydrogen) atoms. The maximum absolute atomic E-state index is 12.4. The van der Waals surface area contributed by atoms with Gasteiger partial charge in [-0.2, -0.15) is 0 Å². The summed E-state index contributed by atoms with van der Waals surface area (Å²) < 4.78 is 5.51. The molecule has 0 aliphatic rings. The number of ether oxygens (including phenoxy) is 1. The van der Waals surface area contributed by atoms with E-state index in [0.717, 1.165) is 38.5 Å². The molecule has 0 saturated carbocycles. The Labute approximate surface area is 470 Å². The van der Waals surface area contributed by atoms with Gasteiger partial charge in [0.1, 0.15) is 0 Å². The van der Waals surface area contributed by atoms with Gasteiger partial charge in [-0.15, -0.1) is 0 Å². The Morgan fingerprint density at radius 2 is 0.547 bits per heavy atom. The van der Waals surface area contributed by atoms with Crippen molar-refractivity contribution in [2.75, 3.05) is 13.2 Å². The summed E-state index contributed by atoms with van der Waals surface area (Å²) >= 11 is 0. The van der Waals surface area contributed by atoms with Gasteiger partial charge in [-0.25, -0.2) is 0 Å². The summed E-state index contributed by atoms with van der Waals surface area (Å²) in [6.07, 6.45) is 78.8. The SMILES string of the molecule is CCCCCCCCCCCCCCCCCCCC(=O)OCCCCCCCCCCCCCCCCCCCCCCCCCCCCCCCCCC(=O)NC(CO)C(O)CCCCCCCCCCCC. The van der Waals surface area contributed by atoms with Crippen molar-refractivity contribution >= 4 is 11.9 Å². The number of carbonyl (C=O) groups excluding carboxylic acids is 2. The number of amides is 1. The third kappa shape index (κ3) is 61.9. The fourth-order valence-corrected chi connectivity index (χ4v) is 11.4. The minimum atomic E-state index is -0.658. The van der Waals surface area contributed by atoms with Crippen molar-refractivity contribution in [3.63, 3.8) is 0 Å². The van der Waals surface area contributed by atoms with Crippen LogP contribution in [0.25, 0.3) is 0 Å². The van der Waals surface area contributed by atoms with Gasteiger partial charge in [0.2, 0.25) is 5.91 Å². The largest absolute Gasteiger partial charge is 0.466 e. The molecule has 0 fully saturated rings. The number of rotatable bonds is 66. The highest BCUT2D eigenvalue weighted by Crippen LogP contribution is 2.19. The number of hydrogen-bond donors (Lipinski definition) is 3.